The molecule has 49 heavy (non-hydrogen) atoms. The van der Waals surface area contributed by atoms with Gasteiger partial charge in [-0.05, 0) is 35.4 Å². The van der Waals surface area contributed by atoms with Gasteiger partial charge >= 0.3 is 0 Å². The average Bonchev–Trinajstić information content (AvgIpc) is 3.57. The van der Waals surface area contributed by atoms with E-state index in [0.717, 1.165) is 82.6 Å². The molecule has 0 spiro atoms. The molecule has 0 aliphatic heterocycles. The SMILES string of the molecule is c1ccc(-c2ccc(-c3nc(-c4cccc5oc6c(ccc7c(-c8ccccc8)nc8ccccc8c76)c45)nc4ccccc34)cc2)cc1. The van der Waals surface area contributed by atoms with Crippen LogP contribution in [0.15, 0.2) is 168 Å². The molecule has 0 atom stereocenters. The van der Waals surface area contributed by atoms with Gasteiger partial charge in [-0.3, -0.25) is 0 Å². The number of furan rings is 1. The van der Waals surface area contributed by atoms with Gasteiger partial charge < -0.3 is 4.42 Å². The summed E-state index contributed by atoms with van der Waals surface area (Å²) in [4.78, 5) is 15.5. The lowest BCUT2D eigenvalue weighted by Gasteiger charge is -2.11. The Kier molecular flexibility index (Phi) is 6.15. The Bertz CT molecular complexity index is 2860. The zero-order valence-corrected chi connectivity index (χ0v) is 26.3. The van der Waals surface area contributed by atoms with Gasteiger partial charge in [0.05, 0.1) is 22.4 Å². The zero-order chi connectivity index (χ0) is 32.3. The van der Waals surface area contributed by atoms with E-state index in [0.29, 0.717) is 5.82 Å². The summed E-state index contributed by atoms with van der Waals surface area (Å²) in [6.07, 6.45) is 0. The van der Waals surface area contributed by atoms with Crippen molar-refractivity contribution >= 4 is 54.5 Å². The molecule has 7 aromatic carbocycles. The number of rotatable bonds is 4. The Morgan fingerprint density at radius 1 is 0.347 bits per heavy atom. The van der Waals surface area contributed by atoms with E-state index in [1.165, 1.54) is 11.1 Å². The molecule has 10 aromatic rings. The topological polar surface area (TPSA) is 51.8 Å². The first-order chi connectivity index (χ1) is 24.3. The number of nitrogens with zero attached hydrogens (tertiary/aromatic N) is 3. The fraction of sp³-hybridized carbons (Fsp3) is 0. The van der Waals surface area contributed by atoms with E-state index in [1.807, 2.05) is 42.5 Å². The highest BCUT2D eigenvalue weighted by Crippen LogP contribution is 2.43. The van der Waals surface area contributed by atoms with Crippen molar-refractivity contribution in [2.45, 2.75) is 0 Å². The number of hydrogen-bond donors (Lipinski definition) is 0. The van der Waals surface area contributed by atoms with Crippen LogP contribution >= 0.6 is 0 Å². The molecular weight excluding hydrogens is 599 g/mol. The molecule has 0 fully saturated rings. The van der Waals surface area contributed by atoms with E-state index in [2.05, 4.69) is 121 Å². The zero-order valence-electron chi connectivity index (χ0n) is 26.3. The third-order valence-electron chi connectivity index (χ3n) is 9.48. The summed E-state index contributed by atoms with van der Waals surface area (Å²) in [5.74, 6) is 0.666. The Hall–Kier alpha value is -6.65. The Labute approximate surface area is 282 Å². The highest BCUT2D eigenvalue weighted by atomic mass is 16.3. The second-order valence-electron chi connectivity index (χ2n) is 12.3. The van der Waals surface area contributed by atoms with Crippen LogP contribution < -0.4 is 0 Å². The van der Waals surface area contributed by atoms with E-state index in [4.69, 9.17) is 19.4 Å². The summed E-state index contributed by atoms with van der Waals surface area (Å²) in [6.45, 7) is 0. The first kappa shape index (κ1) is 27.5. The normalized spacial score (nSPS) is 11.7. The lowest BCUT2D eigenvalue weighted by molar-refractivity contribution is 0.673. The molecule has 228 valence electrons. The van der Waals surface area contributed by atoms with E-state index in [9.17, 15) is 0 Å². The molecule has 0 saturated carbocycles. The second kappa shape index (κ2) is 11.0. The molecule has 10 rings (SSSR count). The number of aromatic nitrogens is 3. The van der Waals surface area contributed by atoms with Gasteiger partial charge in [0.1, 0.15) is 11.2 Å². The minimum atomic E-state index is 0.666. The molecule has 0 unspecified atom stereocenters. The predicted octanol–water partition coefficient (Wildman–Crippen LogP) is 11.9. The van der Waals surface area contributed by atoms with Crippen molar-refractivity contribution in [3.8, 4) is 45.0 Å². The first-order valence-electron chi connectivity index (χ1n) is 16.5. The highest BCUT2D eigenvalue weighted by molar-refractivity contribution is 6.26. The fourth-order valence-electron chi connectivity index (χ4n) is 7.19. The molecular formula is C45H27N3O. The number of hydrogen-bond acceptors (Lipinski definition) is 4. The molecule has 0 amide bonds. The summed E-state index contributed by atoms with van der Waals surface area (Å²) in [6, 6.07) is 56.5. The number of para-hydroxylation sites is 2. The van der Waals surface area contributed by atoms with Gasteiger partial charge in [0.15, 0.2) is 5.82 Å². The van der Waals surface area contributed by atoms with Crippen LogP contribution in [0.1, 0.15) is 0 Å². The molecule has 0 radical (unpaired) electrons. The van der Waals surface area contributed by atoms with Crippen molar-refractivity contribution in [3.05, 3.63) is 164 Å². The number of benzene rings is 7. The smallest absolute Gasteiger partial charge is 0.161 e. The van der Waals surface area contributed by atoms with Crippen molar-refractivity contribution in [1.29, 1.82) is 0 Å². The molecule has 0 bridgehead atoms. The Morgan fingerprint density at radius 2 is 0.918 bits per heavy atom. The van der Waals surface area contributed by atoms with Crippen LogP contribution in [-0.2, 0) is 0 Å². The average molecular weight is 626 g/mol. The van der Waals surface area contributed by atoms with Crippen molar-refractivity contribution in [2.24, 2.45) is 0 Å². The molecule has 3 heterocycles. The van der Waals surface area contributed by atoms with Crippen LogP contribution in [0.3, 0.4) is 0 Å². The maximum Gasteiger partial charge on any atom is 0.161 e. The van der Waals surface area contributed by atoms with Crippen LogP contribution in [0.4, 0.5) is 0 Å². The predicted molar refractivity (Wildman–Crippen MR) is 201 cm³/mol. The summed E-state index contributed by atoms with van der Waals surface area (Å²) in [5, 5.41) is 6.22. The number of pyridine rings is 1. The molecule has 3 aromatic heterocycles. The van der Waals surface area contributed by atoms with Gasteiger partial charge in [0.2, 0.25) is 0 Å². The summed E-state index contributed by atoms with van der Waals surface area (Å²) >= 11 is 0. The van der Waals surface area contributed by atoms with Gasteiger partial charge in [0.25, 0.3) is 0 Å². The molecule has 0 N–H and O–H groups in total. The number of fused-ring (bicyclic) bond motifs is 8. The monoisotopic (exact) mass is 625 g/mol. The van der Waals surface area contributed by atoms with Crippen molar-refractivity contribution in [3.63, 3.8) is 0 Å². The van der Waals surface area contributed by atoms with E-state index < -0.39 is 0 Å². The summed E-state index contributed by atoms with van der Waals surface area (Å²) in [7, 11) is 0. The third kappa shape index (κ3) is 4.42. The van der Waals surface area contributed by atoms with Crippen LogP contribution in [0.5, 0.6) is 0 Å². The Morgan fingerprint density at radius 3 is 1.69 bits per heavy atom. The summed E-state index contributed by atoms with van der Waals surface area (Å²) < 4.78 is 6.80. The van der Waals surface area contributed by atoms with E-state index in [-0.39, 0.29) is 0 Å². The molecule has 0 aliphatic rings. The summed E-state index contributed by atoms with van der Waals surface area (Å²) in [5.41, 5.74) is 10.7. The highest BCUT2D eigenvalue weighted by Gasteiger charge is 2.21. The van der Waals surface area contributed by atoms with Crippen LogP contribution in [0.2, 0.25) is 0 Å². The van der Waals surface area contributed by atoms with E-state index in [1.54, 1.807) is 0 Å². The quantitative estimate of drug-likeness (QED) is 0.183. The van der Waals surface area contributed by atoms with Crippen LogP contribution in [0.25, 0.3) is 99.5 Å². The lowest BCUT2D eigenvalue weighted by atomic mass is 9.97. The van der Waals surface area contributed by atoms with Gasteiger partial charge in [-0.1, -0.05) is 140 Å². The van der Waals surface area contributed by atoms with E-state index >= 15 is 0 Å². The minimum Gasteiger partial charge on any atom is -0.455 e. The largest absolute Gasteiger partial charge is 0.455 e. The van der Waals surface area contributed by atoms with Crippen molar-refractivity contribution in [1.82, 2.24) is 15.0 Å². The fourth-order valence-corrected chi connectivity index (χ4v) is 7.19. The molecule has 0 aliphatic carbocycles. The van der Waals surface area contributed by atoms with Gasteiger partial charge in [-0.15, -0.1) is 0 Å². The van der Waals surface area contributed by atoms with Gasteiger partial charge in [0, 0.05) is 49.0 Å². The standard InChI is InChI=1S/C45H27N3O/c1-3-12-28(13-4-1)29-22-24-31(25-23-29)42-33-17-8-10-20-38(33)47-45(48-42)36-18-11-21-39-40(36)35-27-26-34-41(44(35)49-39)32-16-7-9-19-37(32)46-43(34)30-14-5-2-6-15-30/h1-27H. The minimum absolute atomic E-state index is 0.666. The maximum atomic E-state index is 6.80. The second-order valence-corrected chi connectivity index (χ2v) is 12.3. The molecule has 4 heteroatoms. The lowest BCUT2D eigenvalue weighted by Crippen LogP contribution is -1.95. The van der Waals surface area contributed by atoms with Crippen LogP contribution in [0, 0.1) is 0 Å². The molecule has 4 nitrogen and oxygen atoms in total. The third-order valence-corrected chi connectivity index (χ3v) is 9.48. The van der Waals surface area contributed by atoms with Crippen molar-refractivity contribution < 1.29 is 4.42 Å². The van der Waals surface area contributed by atoms with Crippen molar-refractivity contribution in [2.75, 3.05) is 0 Å². The van der Waals surface area contributed by atoms with Gasteiger partial charge in [-0.25, -0.2) is 15.0 Å². The van der Waals surface area contributed by atoms with Gasteiger partial charge in [-0.2, -0.15) is 0 Å². The molecule has 0 saturated heterocycles. The van der Waals surface area contributed by atoms with Crippen LogP contribution in [-0.4, -0.2) is 15.0 Å². The maximum absolute atomic E-state index is 6.80. The Balaban J connectivity index is 1.22. The first-order valence-corrected chi connectivity index (χ1v) is 16.5.